The van der Waals surface area contributed by atoms with Gasteiger partial charge in [0.25, 0.3) is 0 Å². The van der Waals surface area contributed by atoms with Crippen LogP contribution in [0.5, 0.6) is 0 Å². The van der Waals surface area contributed by atoms with Gasteiger partial charge < -0.3 is 4.90 Å². The molecular formula is C30H23N5. The molecule has 35 heavy (non-hydrogen) atoms. The fourth-order valence-electron chi connectivity index (χ4n) is 3.91. The molecule has 2 aromatic carbocycles. The normalized spacial score (nSPS) is 10.5. The second-order valence-corrected chi connectivity index (χ2v) is 8.40. The number of pyridine rings is 3. The van der Waals surface area contributed by atoms with Gasteiger partial charge in [0.05, 0.1) is 34.4 Å². The van der Waals surface area contributed by atoms with Gasteiger partial charge in [-0.3, -0.25) is 9.97 Å². The Morgan fingerprint density at radius 2 is 1.11 bits per heavy atom. The van der Waals surface area contributed by atoms with Crippen LogP contribution in [0.15, 0.2) is 103 Å². The first-order chi connectivity index (χ1) is 17.1. The summed E-state index contributed by atoms with van der Waals surface area (Å²) in [4.78, 5) is 16.1. The van der Waals surface area contributed by atoms with E-state index in [-0.39, 0.29) is 0 Å². The SMILES string of the molecule is CN(C)c1ccc(-c2ccnc(-c3cccc(-c4cc(-c5ccc(C#N)cc5)ccn4)n3)c2)cc1. The Bertz CT molecular complexity index is 1510. The smallest absolute Gasteiger partial charge is 0.0991 e. The van der Waals surface area contributed by atoms with Crippen molar-refractivity contribution in [2.24, 2.45) is 0 Å². The van der Waals surface area contributed by atoms with E-state index in [4.69, 9.17) is 10.2 Å². The maximum Gasteiger partial charge on any atom is 0.0991 e. The van der Waals surface area contributed by atoms with E-state index in [0.717, 1.165) is 50.7 Å². The van der Waals surface area contributed by atoms with Gasteiger partial charge in [-0.05, 0) is 82.9 Å². The molecule has 0 spiro atoms. The largest absolute Gasteiger partial charge is 0.378 e. The molecule has 5 nitrogen and oxygen atoms in total. The maximum atomic E-state index is 9.05. The van der Waals surface area contributed by atoms with E-state index < -0.39 is 0 Å². The monoisotopic (exact) mass is 453 g/mol. The molecule has 3 aromatic heterocycles. The van der Waals surface area contributed by atoms with Crippen molar-refractivity contribution in [2.45, 2.75) is 0 Å². The van der Waals surface area contributed by atoms with Crippen LogP contribution in [0.3, 0.4) is 0 Å². The van der Waals surface area contributed by atoms with Gasteiger partial charge in [0, 0.05) is 32.2 Å². The van der Waals surface area contributed by atoms with Gasteiger partial charge in [0.15, 0.2) is 0 Å². The summed E-state index contributed by atoms with van der Waals surface area (Å²) in [6.45, 7) is 0. The first-order valence-corrected chi connectivity index (χ1v) is 11.3. The maximum absolute atomic E-state index is 9.05. The third-order valence-electron chi connectivity index (χ3n) is 5.86. The highest BCUT2D eigenvalue weighted by Gasteiger charge is 2.09. The number of aromatic nitrogens is 3. The number of nitrogens with zero attached hydrogens (tertiary/aromatic N) is 5. The van der Waals surface area contributed by atoms with Crippen LogP contribution >= 0.6 is 0 Å². The van der Waals surface area contributed by atoms with Gasteiger partial charge in [0.1, 0.15) is 0 Å². The third-order valence-corrected chi connectivity index (χ3v) is 5.86. The summed E-state index contributed by atoms with van der Waals surface area (Å²) in [5.74, 6) is 0. The lowest BCUT2D eigenvalue weighted by Gasteiger charge is -2.13. The average molecular weight is 454 g/mol. The molecule has 0 saturated heterocycles. The predicted octanol–water partition coefficient (Wildman–Crippen LogP) is 6.48. The molecule has 0 atom stereocenters. The second-order valence-electron chi connectivity index (χ2n) is 8.40. The third kappa shape index (κ3) is 4.78. The van der Waals surface area contributed by atoms with Crippen molar-refractivity contribution in [3.63, 3.8) is 0 Å². The quantitative estimate of drug-likeness (QED) is 0.305. The van der Waals surface area contributed by atoms with Crippen LogP contribution in [-0.2, 0) is 0 Å². The Morgan fingerprint density at radius 3 is 1.60 bits per heavy atom. The molecule has 0 unspecified atom stereocenters. The molecule has 0 saturated carbocycles. The first kappa shape index (κ1) is 22.0. The highest BCUT2D eigenvalue weighted by atomic mass is 15.1. The average Bonchev–Trinajstić information content (AvgIpc) is 2.93. The molecule has 5 aromatic rings. The fourth-order valence-corrected chi connectivity index (χ4v) is 3.91. The van der Waals surface area contributed by atoms with Crippen LogP contribution in [0.4, 0.5) is 5.69 Å². The van der Waals surface area contributed by atoms with Crippen molar-refractivity contribution in [2.75, 3.05) is 19.0 Å². The van der Waals surface area contributed by atoms with Gasteiger partial charge in [-0.1, -0.05) is 30.3 Å². The van der Waals surface area contributed by atoms with Crippen molar-refractivity contribution in [3.05, 3.63) is 109 Å². The minimum Gasteiger partial charge on any atom is -0.378 e. The van der Waals surface area contributed by atoms with Crippen molar-refractivity contribution < 1.29 is 0 Å². The Labute approximate surface area is 205 Å². The van der Waals surface area contributed by atoms with Crippen molar-refractivity contribution in [3.8, 4) is 51.1 Å². The van der Waals surface area contributed by atoms with Gasteiger partial charge >= 0.3 is 0 Å². The van der Waals surface area contributed by atoms with E-state index >= 15 is 0 Å². The van der Waals surface area contributed by atoms with Gasteiger partial charge in [-0.2, -0.15) is 5.26 Å². The minimum atomic E-state index is 0.640. The molecular weight excluding hydrogens is 430 g/mol. The van der Waals surface area contributed by atoms with Crippen LogP contribution in [-0.4, -0.2) is 29.0 Å². The summed E-state index contributed by atoms with van der Waals surface area (Å²) in [6, 6.07) is 32.1. The molecule has 0 N–H and O–H groups in total. The zero-order valence-corrected chi connectivity index (χ0v) is 19.6. The zero-order valence-electron chi connectivity index (χ0n) is 19.6. The molecule has 0 bridgehead atoms. The Balaban J connectivity index is 1.46. The van der Waals surface area contributed by atoms with E-state index in [2.05, 4.69) is 51.3 Å². The van der Waals surface area contributed by atoms with Gasteiger partial charge in [0.2, 0.25) is 0 Å². The molecule has 5 heteroatoms. The molecule has 0 radical (unpaired) electrons. The molecule has 5 rings (SSSR count). The minimum absolute atomic E-state index is 0.640. The van der Waals surface area contributed by atoms with Crippen LogP contribution in [0.1, 0.15) is 5.56 Å². The standard InChI is InChI=1S/C30H23N5/c1-35(2)26-12-10-23(11-13-26)25-15-17-33-30(19-25)28-5-3-4-27(34-28)29-18-24(14-16-32-29)22-8-6-21(20-31)7-9-22/h3-19H,1-2H3. The van der Waals surface area contributed by atoms with Crippen LogP contribution in [0, 0.1) is 11.3 Å². The molecule has 0 aliphatic rings. The van der Waals surface area contributed by atoms with Crippen molar-refractivity contribution >= 4 is 5.69 Å². The van der Waals surface area contributed by atoms with E-state index in [1.165, 1.54) is 0 Å². The van der Waals surface area contributed by atoms with Crippen LogP contribution < -0.4 is 4.90 Å². The van der Waals surface area contributed by atoms with Gasteiger partial charge in [-0.15, -0.1) is 0 Å². The van der Waals surface area contributed by atoms with Gasteiger partial charge in [-0.25, -0.2) is 4.98 Å². The summed E-state index contributed by atoms with van der Waals surface area (Å²) < 4.78 is 0. The Hall–Kier alpha value is -4.82. The second kappa shape index (κ2) is 9.58. The lowest BCUT2D eigenvalue weighted by atomic mass is 10.0. The summed E-state index contributed by atoms with van der Waals surface area (Å²) in [5, 5.41) is 9.05. The zero-order chi connectivity index (χ0) is 24.2. The van der Waals surface area contributed by atoms with E-state index in [9.17, 15) is 0 Å². The molecule has 168 valence electrons. The Kier molecular flexibility index (Phi) is 6.02. The summed E-state index contributed by atoms with van der Waals surface area (Å²) in [5.41, 5.74) is 9.23. The summed E-state index contributed by atoms with van der Waals surface area (Å²) >= 11 is 0. The van der Waals surface area contributed by atoms with Crippen molar-refractivity contribution in [1.29, 1.82) is 5.26 Å². The summed E-state index contributed by atoms with van der Waals surface area (Å²) in [6.07, 6.45) is 3.61. The number of benzene rings is 2. The fraction of sp³-hybridized carbons (Fsp3) is 0.0667. The molecule has 0 aliphatic heterocycles. The molecule has 0 fully saturated rings. The molecule has 3 heterocycles. The lowest BCUT2D eigenvalue weighted by Crippen LogP contribution is -2.07. The molecule has 0 amide bonds. The number of rotatable bonds is 5. The first-order valence-electron chi connectivity index (χ1n) is 11.3. The number of hydrogen-bond acceptors (Lipinski definition) is 5. The number of hydrogen-bond donors (Lipinski definition) is 0. The lowest BCUT2D eigenvalue weighted by molar-refractivity contribution is 1.13. The molecule has 0 aliphatic carbocycles. The van der Waals surface area contributed by atoms with Crippen LogP contribution in [0.25, 0.3) is 45.0 Å². The van der Waals surface area contributed by atoms with Crippen molar-refractivity contribution in [1.82, 2.24) is 15.0 Å². The Morgan fingerprint density at radius 1 is 0.600 bits per heavy atom. The highest BCUT2D eigenvalue weighted by Crippen LogP contribution is 2.28. The predicted molar refractivity (Wildman–Crippen MR) is 141 cm³/mol. The van der Waals surface area contributed by atoms with Crippen LogP contribution in [0.2, 0.25) is 0 Å². The van der Waals surface area contributed by atoms with E-state index in [1.807, 2.05) is 81.0 Å². The number of nitriles is 1. The topological polar surface area (TPSA) is 65.7 Å². The summed E-state index contributed by atoms with van der Waals surface area (Å²) in [7, 11) is 4.07. The van der Waals surface area contributed by atoms with E-state index in [1.54, 1.807) is 6.20 Å². The van der Waals surface area contributed by atoms with E-state index in [0.29, 0.717) is 5.56 Å². The highest BCUT2D eigenvalue weighted by molar-refractivity contribution is 5.73. The number of anilines is 1.